The molecule has 67 heavy (non-hydrogen) atoms. The van der Waals surface area contributed by atoms with E-state index in [1.54, 1.807) is 30.4 Å². The molecule has 0 radical (unpaired) electrons. The molecule has 2 amide bonds. The van der Waals surface area contributed by atoms with E-state index >= 15 is 0 Å². The van der Waals surface area contributed by atoms with Crippen molar-refractivity contribution in [1.29, 1.82) is 0 Å². The number of piperidine rings is 1. The fourth-order valence-corrected chi connectivity index (χ4v) is 10.8. The number of aromatic nitrogens is 5. The van der Waals surface area contributed by atoms with Crippen LogP contribution < -0.4 is 36.6 Å². The van der Waals surface area contributed by atoms with Gasteiger partial charge in [0.25, 0.3) is 11.5 Å². The summed E-state index contributed by atoms with van der Waals surface area (Å²) >= 11 is 0. The molecule has 1 aromatic carbocycles. The molecule has 2 saturated heterocycles. The van der Waals surface area contributed by atoms with Crippen molar-refractivity contribution in [3.05, 3.63) is 112 Å². The van der Waals surface area contributed by atoms with Gasteiger partial charge in [-0.2, -0.15) is 0 Å². The van der Waals surface area contributed by atoms with E-state index in [2.05, 4.69) is 75.2 Å². The molecule has 9 rings (SSSR count). The number of nitrogens with zero attached hydrogens (tertiary/aromatic N) is 9. The first-order valence-electron chi connectivity index (χ1n) is 23.5. The normalized spacial score (nSPS) is 20.7. The number of benzene rings is 1. The van der Waals surface area contributed by atoms with Crippen LogP contribution >= 0.6 is 0 Å². The van der Waals surface area contributed by atoms with E-state index in [-0.39, 0.29) is 34.6 Å². The van der Waals surface area contributed by atoms with Gasteiger partial charge in [0.05, 0.1) is 34.9 Å². The minimum atomic E-state index is -0.509. The van der Waals surface area contributed by atoms with E-state index in [0.29, 0.717) is 64.9 Å². The van der Waals surface area contributed by atoms with Crippen LogP contribution in [-0.2, 0) is 43.4 Å². The SMILES string of the molecule is C=CC(=O)Nc1cc(Nc2nc(-c3ccnc(N4CCn5c(cc6c5CC(C)(C)C6)C4=O)c3CO)cn(C)c2=O)ccc1N1CCN(C2CCN(c3cccc(C(C)(C)N)n3)[C@@H](C)C2)C[C@@H]1C. The van der Waals surface area contributed by atoms with Crippen molar-refractivity contribution in [3.8, 4) is 11.3 Å². The number of aliphatic hydroxyl groups excluding tert-OH is 1. The fraction of sp³-hybridized carbons (Fsp3) is 0.451. The molecule has 3 atom stereocenters. The summed E-state index contributed by atoms with van der Waals surface area (Å²) in [6, 6.07) is 16.4. The number of aliphatic hydroxyl groups is 1. The summed E-state index contributed by atoms with van der Waals surface area (Å²) in [6.07, 6.45) is 8.37. The number of anilines is 6. The van der Waals surface area contributed by atoms with Crippen LogP contribution in [0.25, 0.3) is 11.3 Å². The lowest BCUT2D eigenvalue weighted by Gasteiger charge is -2.48. The molecule has 1 aliphatic carbocycles. The number of hydrogen-bond acceptors (Lipinski definition) is 12. The molecule has 4 aromatic heterocycles. The van der Waals surface area contributed by atoms with E-state index in [4.69, 9.17) is 15.7 Å². The third kappa shape index (κ3) is 8.85. The molecule has 2 fully saturated rings. The standard InChI is InChI=1S/C51H64N12O4/c1-9-45(65)55-38-25-34(13-14-40(38)60-20-19-59(28-32(60)3)35-16-18-61(31(2)23-35)44-12-10-11-43(57-44)51(6,7)52)54-46-49(67)58(8)29-39(56-46)36-15-17-53-47(37(36)30-64)63-22-21-62-41(48(63)66)24-33-26-50(4,5)27-42(33)62/h9-15,17,24-25,29,31-32,35,64H,1,16,18-23,26-28,30,52H2,2-8H3,(H,54,56)(H,55,65)/t31-,32-,35?/m0/s1. The Morgan fingerprint density at radius 2 is 1.81 bits per heavy atom. The van der Waals surface area contributed by atoms with Crippen LogP contribution in [0.3, 0.4) is 0 Å². The summed E-state index contributed by atoms with van der Waals surface area (Å²) in [5.41, 5.74) is 13.0. The number of nitrogens with two attached hydrogens (primary N) is 1. The molecule has 0 spiro atoms. The molecule has 16 heteroatoms. The number of amides is 2. The monoisotopic (exact) mass is 909 g/mol. The topological polar surface area (TPSA) is 183 Å². The number of rotatable bonds is 11. The highest BCUT2D eigenvalue weighted by molar-refractivity contribution is 6.06. The molecular weight excluding hydrogens is 845 g/mol. The number of hydrogen-bond donors (Lipinski definition) is 4. The number of piperazine rings is 1. The molecule has 5 N–H and O–H groups in total. The van der Waals surface area contributed by atoms with Crippen LogP contribution in [0, 0.1) is 5.41 Å². The van der Waals surface area contributed by atoms with E-state index in [0.717, 1.165) is 69.1 Å². The van der Waals surface area contributed by atoms with Gasteiger partial charge in [0.1, 0.15) is 17.3 Å². The predicted molar refractivity (Wildman–Crippen MR) is 264 cm³/mol. The fourth-order valence-electron chi connectivity index (χ4n) is 10.8. The van der Waals surface area contributed by atoms with Gasteiger partial charge in [-0.05, 0) is 113 Å². The van der Waals surface area contributed by atoms with Crippen molar-refractivity contribution in [2.75, 3.05) is 58.1 Å². The summed E-state index contributed by atoms with van der Waals surface area (Å²) in [6.45, 7) is 20.7. The molecule has 7 heterocycles. The zero-order chi connectivity index (χ0) is 47.5. The van der Waals surface area contributed by atoms with Gasteiger partial charge in [-0.3, -0.25) is 24.2 Å². The van der Waals surface area contributed by atoms with Gasteiger partial charge in [0.2, 0.25) is 5.91 Å². The van der Waals surface area contributed by atoms with Crippen molar-refractivity contribution in [3.63, 3.8) is 0 Å². The van der Waals surface area contributed by atoms with Gasteiger partial charge in [0.15, 0.2) is 5.82 Å². The summed E-state index contributed by atoms with van der Waals surface area (Å²) < 4.78 is 3.58. The minimum Gasteiger partial charge on any atom is -0.392 e. The highest BCUT2D eigenvalue weighted by Gasteiger charge is 2.38. The summed E-state index contributed by atoms with van der Waals surface area (Å²) in [7, 11) is 1.64. The third-order valence-electron chi connectivity index (χ3n) is 14.1. The number of fused-ring (bicyclic) bond motifs is 3. The molecule has 352 valence electrons. The number of carbonyl (C=O) groups excluding carboxylic acids is 2. The smallest absolute Gasteiger partial charge is 0.293 e. The first-order chi connectivity index (χ1) is 31.9. The summed E-state index contributed by atoms with van der Waals surface area (Å²) in [5, 5.41) is 17.1. The third-order valence-corrected chi connectivity index (χ3v) is 14.1. The van der Waals surface area contributed by atoms with Gasteiger partial charge in [-0.15, -0.1) is 0 Å². The number of nitrogens with one attached hydrogen (secondary N) is 2. The Morgan fingerprint density at radius 3 is 2.54 bits per heavy atom. The first-order valence-corrected chi connectivity index (χ1v) is 23.5. The van der Waals surface area contributed by atoms with Crippen LogP contribution in [0.1, 0.15) is 87.4 Å². The van der Waals surface area contributed by atoms with Crippen LogP contribution in [-0.4, -0.2) is 96.8 Å². The van der Waals surface area contributed by atoms with Crippen LogP contribution in [0.5, 0.6) is 0 Å². The van der Waals surface area contributed by atoms with E-state index < -0.39 is 12.1 Å². The summed E-state index contributed by atoms with van der Waals surface area (Å²) in [5.74, 6) is 0.878. The second-order valence-electron chi connectivity index (χ2n) is 20.2. The molecule has 0 saturated carbocycles. The second-order valence-corrected chi connectivity index (χ2v) is 20.2. The maximum atomic E-state index is 14.1. The van der Waals surface area contributed by atoms with Crippen molar-refractivity contribution >= 4 is 46.3 Å². The van der Waals surface area contributed by atoms with Gasteiger partial charge in [0, 0.05) is 99.3 Å². The average molecular weight is 909 g/mol. The van der Waals surface area contributed by atoms with Gasteiger partial charge >= 0.3 is 0 Å². The highest BCUT2D eigenvalue weighted by Crippen LogP contribution is 2.41. The van der Waals surface area contributed by atoms with Gasteiger partial charge in [-0.1, -0.05) is 26.5 Å². The molecule has 1 unspecified atom stereocenters. The van der Waals surface area contributed by atoms with Crippen molar-refractivity contribution < 1.29 is 14.7 Å². The van der Waals surface area contributed by atoms with Crippen molar-refractivity contribution in [2.24, 2.45) is 18.2 Å². The molecule has 16 nitrogen and oxygen atoms in total. The maximum absolute atomic E-state index is 14.1. The molecule has 4 aliphatic rings. The van der Waals surface area contributed by atoms with Crippen LogP contribution in [0.15, 0.2) is 78.4 Å². The second kappa shape index (κ2) is 17.7. The number of pyridine rings is 2. The Labute approximate surface area is 392 Å². The Hall–Kier alpha value is -6.36. The Balaban J connectivity index is 0.924. The highest BCUT2D eigenvalue weighted by atomic mass is 16.3. The molecule has 5 aromatic rings. The lowest BCUT2D eigenvalue weighted by Crippen LogP contribution is -2.58. The zero-order valence-corrected chi connectivity index (χ0v) is 39.8. The minimum absolute atomic E-state index is 0.0503. The van der Waals surface area contributed by atoms with Crippen LogP contribution in [0.2, 0.25) is 0 Å². The lowest BCUT2D eigenvalue weighted by molar-refractivity contribution is -0.111. The van der Waals surface area contributed by atoms with Crippen molar-refractivity contribution in [2.45, 2.75) is 104 Å². The lowest BCUT2D eigenvalue weighted by atomic mass is 9.90. The van der Waals surface area contributed by atoms with Crippen LogP contribution in [0.4, 0.5) is 34.5 Å². The van der Waals surface area contributed by atoms with Crippen molar-refractivity contribution in [1.82, 2.24) is 29.0 Å². The van der Waals surface area contributed by atoms with Gasteiger partial charge < -0.3 is 40.4 Å². The number of carbonyl (C=O) groups is 2. The Kier molecular flexibility index (Phi) is 12.1. The largest absolute Gasteiger partial charge is 0.392 e. The predicted octanol–water partition coefficient (Wildman–Crippen LogP) is 5.95. The number of aryl methyl sites for hydroxylation is 1. The Morgan fingerprint density at radius 1 is 1.00 bits per heavy atom. The summed E-state index contributed by atoms with van der Waals surface area (Å²) in [4.78, 5) is 64.0. The van der Waals surface area contributed by atoms with E-state index in [1.165, 1.54) is 21.9 Å². The quantitative estimate of drug-likeness (QED) is 0.115. The van der Waals surface area contributed by atoms with E-state index in [1.807, 2.05) is 50.2 Å². The molecule has 3 aliphatic heterocycles. The molecule has 0 bridgehead atoms. The average Bonchev–Trinajstić information content (AvgIpc) is 3.79. The first kappa shape index (κ1) is 45.8. The molecular formula is C51H64N12O4. The van der Waals surface area contributed by atoms with Gasteiger partial charge in [-0.25, -0.2) is 15.0 Å². The van der Waals surface area contributed by atoms with E-state index in [9.17, 15) is 19.5 Å². The Bertz CT molecular complexity index is 2810. The zero-order valence-electron chi connectivity index (χ0n) is 39.8. The maximum Gasteiger partial charge on any atom is 0.293 e.